The van der Waals surface area contributed by atoms with Crippen LogP contribution in [0.15, 0.2) is 0 Å². The quantitative estimate of drug-likeness (QED) is 0.519. The van der Waals surface area contributed by atoms with Crippen LogP contribution < -0.4 is 0 Å². The molecule has 0 aromatic carbocycles. The van der Waals surface area contributed by atoms with Gasteiger partial charge in [-0.25, -0.2) is 0 Å². The molecule has 0 bridgehead atoms. The number of amides is 1. The van der Waals surface area contributed by atoms with E-state index >= 15 is 0 Å². The van der Waals surface area contributed by atoms with E-state index < -0.39 is 5.39 Å². The third kappa shape index (κ3) is 5.94. The SMILES string of the molecule is CCC(C)SP(C)(=S)N(C=O)CC(C)C. The average molecular weight is 267 g/mol. The molecule has 90 valence electrons. The molecule has 5 heteroatoms. The first-order valence-electron chi connectivity index (χ1n) is 5.31. The third-order valence-electron chi connectivity index (χ3n) is 2.09. The Morgan fingerprint density at radius 3 is 2.33 bits per heavy atom. The molecule has 1 amide bonds. The number of rotatable bonds is 7. The van der Waals surface area contributed by atoms with Gasteiger partial charge in [0, 0.05) is 11.8 Å². The first kappa shape index (κ1) is 15.5. The van der Waals surface area contributed by atoms with Gasteiger partial charge in [0.15, 0.2) is 0 Å². The van der Waals surface area contributed by atoms with Crippen LogP contribution in [0.4, 0.5) is 0 Å². The third-order valence-corrected chi connectivity index (χ3v) is 8.65. The van der Waals surface area contributed by atoms with Gasteiger partial charge in [0.05, 0.1) is 5.39 Å². The highest BCUT2D eigenvalue weighted by molar-refractivity contribution is 8.70. The molecule has 2 nitrogen and oxygen atoms in total. The monoisotopic (exact) mass is 267 g/mol. The van der Waals surface area contributed by atoms with E-state index in [1.165, 1.54) is 0 Å². The van der Waals surface area contributed by atoms with E-state index in [9.17, 15) is 4.79 Å². The predicted octanol–water partition coefficient (Wildman–Crippen LogP) is 3.57. The molecular weight excluding hydrogens is 245 g/mol. The molecule has 0 spiro atoms. The van der Waals surface area contributed by atoms with E-state index in [0.29, 0.717) is 11.2 Å². The lowest BCUT2D eigenvalue weighted by molar-refractivity contribution is -0.114. The van der Waals surface area contributed by atoms with Crippen LogP contribution in [0.3, 0.4) is 0 Å². The maximum absolute atomic E-state index is 11.0. The molecule has 0 aliphatic carbocycles. The Labute approximate surface area is 103 Å². The second-order valence-electron chi connectivity index (χ2n) is 4.25. The van der Waals surface area contributed by atoms with Gasteiger partial charge in [-0.3, -0.25) is 4.79 Å². The van der Waals surface area contributed by atoms with E-state index in [4.69, 9.17) is 11.8 Å². The molecule has 0 aliphatic rings. The van der Waals surface area contributed by atoms with Gasteiger partial charge in [-0.1, -0.05) is 39.5 Å². The summed E-state index contributed by atoms with van der Waals surface area (Å²) >= 11 is 7.39. The van der Waals surface area contributed by atoms with Crippen molar-refractivity contribution in [3.63, 3.8) is 0 Å². The molecule has 0 aliphatic heterocycles. The maximum Gasteiger partial charge on any atom is 0.214 e. The van der Waals surface area contributed by atoms with Crippen molar-refractivity contribution < 1.29 is 4.79 Å². The molecule has 0 radical (unpaired) electrons. The average Bonchev–Trinajstić information content (AvgIpc) is 2.12. The lowest BCUT2D eigenvalue weighted by Crippen LogP contribution is -2.22. The standard InChI is InChI=1S/C10H22NOPS2/c1-6-10(4)15-13(5,14)11(8-12)7-9(2)3/h8-10H,6-7H2,1-5H3. The van der Waals surface area contributed by atoms with Crippen LogP contribution in [-0.4, -0.2) is 29.5 Å². The summed E-state index contributed by atoms with van der Waals surface area (Å²) in [6.07, 6.45) is 2.03. The summed E-state index contributed by atoms with van der Waals surface area (Å²) in [5.74, 6) is 0.481. The van der Waals surface area contributed by atoms with Gasteiger partial charge >= 0.3 is 0 Å². The van der Waals surface area contributed by atoms with E-state index in [0.717, 1.165) is 19.4 Å². The smallest absolute Gasteiger partial charge is 0.214 e. The summed E-state index contributed by atoms with van der Waals surface area (Å²) in [5, 5.41) is -1.18. The van der Waals surface area contributed by atoms with Gasteiger partial charge in [0.2, 0.25) is 6.41 Å². The predicted molar refractivity (Wildman–Crippen MR) is 75.2 cm³/mol. The highest BCUT2D eigenvalue weighted by atomic mass is 32.9. The van der Waals surface area contributed by atoms with Crippen molar-refractivity contribution in [2.24, 2.45) is 5.92 Å². The number of hydrogen-bond donors (Lipinski definition) is 0. The van der Waals surface area contributed by atoms with Crippen LogP contribution in [0, 0.1) is 5.92 Å². The summed E-state index contributed by atoms with van der Waals surface area (Å²) in [5.41, 5.74) is 0. The Morgan fingerprint density at radius 1 is 1.47 bits per heavy atom. The van der Waals surface area contributed by atoms with E-state index in [1.54, 1.807) is 11.4 Å². The zero-order chi connectivity index (χ0) is 12.1. The number of hydrogen-bond acceptors (Lipinski definition) is 3. The zero-order valence-corrected chi connectivity index (χ0v) is 12.8. The van der Waals surface area contributed by atoms with Gasteiger partial charge in [-0.05, 0) is 19.0 Å². The van der Waals surface area contributed by atoms with Gasteiger partial charge in [-0.15, -0.1) is 11.4 Å². The second-order valence-corrected chi connectivity index (χ2v) is 13.0. The molecule has 0 aromatic heterocycles. The molecule has 0 heterocycles. The van der Waals surface area contributed by atoms with E-state index in [-0.39, 0.29) is 0 Å². The van der Waals surface area contributed by atoms with E-state index in [2.05, 4.69) is 34.4 Å². The molecule has 2 unspecified atom stereocenters. The van der Waals surface area contributed by atoms with Crippen LogP contribution in [0.25, 0.3) is 0 Å². The fourth-order valence-electron chi connectivity index (χ4n) is 1.12. The lowest BCUT2D eigenvalue weighted by Gasteiger charge is -2.31. The summed E-state index contributed by atoms with van der Waals surface area (Å²) in [7, 11) is 0. The van der Waals surface area contributed by atoms with Crippen molar-refractivity contribution in [3.8, 4) is 0 Å². The Hall–Kier alpha value is 0.470. The molecule has 2 atom stereocenters. The van der Waals surface area contributed by atoms with Gasteiger partial charge in [0.1, 0.15) is 0 Å². The highest BCUT2D eigenvalue weighted by Gasteiger charge is 2.22. The van der Waals surface area contributed by atoms with Crippen molar-refractivity contribution >= 4 is 35.0 Å². The Bertz CT molecular complexity index is 246. The summed E-state index contributed by atoms with van der Waals surface area (Å²) in [6, 6.07) is 0. The summed E-state index contributed by atoms with van der Waals surface area (Å²) < 4.78 is 1.84. The molecule has 15 heavy (non-hydrogen) atoms. The minimum Gasteiger partial charge on any atom is -0.309 e. The fraction of sp³-hybridized carbons (Fsp3) is 0.900. The first-order valence-corrected chi connectivity index (χ1v) is 10.0. The topological polar surface area (TPSA) is 20.3 Å². The molecule has 0 rings (SSSR count). The number of carbonyl (C=O) groups excluding carboxylic acids is 1. The number of nitrogens with zero attached hydrogens (tertiary/aromatic N) is 1. The lowest BCUT2D eigenvalue weighted by atomic mass is 10.2. The normalized spacial score (nSPS) is 17.2. The zero-order valence-electron chi connectivity index (χ0n) is 10.3. The molecule has 0 saturated carbocycles. The second kappa shape index (κ2) is 6.93. The van der Waals surface area contributed by atoms with Crippen LogP contribution in [0.1, 0.15) is 34.1 Å². The Balaban J connectivity index is 4.51. The van der Waals surface area contributed by atoms with Crippen molar-refractivity contribution in [1.29, 1.82) is 0 Å². The largest absolute Gasteiger partial charge is 0.309 e. The molecule has 0 N–H and O–H groups in total. The van der Waals surface area contributed by atoms with Crippen molar-refractivity contribution in [3.05, 3.63) is 0 Å². The van der Waals surface area contributed by atoms with Crippen LogP contribution >= 0.6 is 16.8 Å². The van der Waals surface area contributed by atoms with E-state index in [1.807, 2.05) is 4.67 Å². The maximum atomic E-state index is 11.0. The van der Waals surface area contributed by atoms with Crippen molar-refractivity contribution in [2.45, 2.75) is 39.4 Å². The molecule has 0 fully saturated rings. The highest BCUT2D eigenvalue weighted by Crippen LogP contribution is 2.60. The summed E-state index contributed by atoms with van der Waals surface area (Å²) in [4.78, 5) is 11.0. The molecule has 0 saturated heterocycles. The Kier molecular flexibility index (Phi) is 7.14. The fourth-order valence-corrected chi connectivity index (χ4v) is 7.62. The van der Waals surface area contributed by atoms with Gasteiger partial charge in [-0.2, -0.15) is 0 Å². The van der Waals surface area contributed by atoms with Gasteiger partial charge in [0.25, 0.3) is 0 Å². The molecular formula is C10H22NOPS2. The van der Waals surface area contributed by atoms with Crippen LogP contribution in [0.5, 0.6) is 0 Å². The molecule has 0 aromatic rings. The van der Waals surface area contributed by atoms with Crippen LogP contribution in [-0.2, 0) is 16.6 Å². The van der Waals surface area contributed by atoms with Crippen LogP contribution in [0.2, 0.25) is 0 Å². The minimum atomic E-state index is -1.71. The minimum absolute atomic E-state index is 0.481. The Morgan fingerprint density at radius 2 is 2.00 bits per heavy atom. The summed E-state index contributed by atoms with van der Waals surface area (Å²) in [6.45, 7) is 11.4. The van der Waals surface area contributed by atoms with Crippen molar-refractivity contribution in [1.82, 2.24) is 4.67 Å². The first-order chi connectivity index (χ1) is 6.83. The number of carbonyl (C=O) groups is 1. The van der Waals surface area contributed by atoms with Gasteiger partial charge < -0.3 is 4.67 Å². The van der Waals surface area contributed by atoms with Crippen molar-refractivity contribution in [2.75, 3.05) is 13.2 Å².